The maximum absolute atomic E-state index is 10.4. The molecule has 5 unspecified atom stereocenters. The summed E-state index contributed by atoms with van der Waals surface area (Å²) in [4.78, 5) is 15.5. The topological polar surface area (TPSA) is 99.4 Å². The van der Waals surface area contributed by atoms with Crippen LogP contribution in [-0.4, -0.2) is 45.8 Å². The highest BCUT2D eigenvalue weighted by atomic mass is 16.6. The van der Waals surface area contributed by atoms with Crippen LogP contribution in [0.15, 0.2) is 5.16 Å². The largest absolute Gasteiger partial charge is 0.481 e. The van der Waals surface area contributed by atoms with Crippen molar-refractivity contribution in [3.8, 4) is 0 Å². The van der Waals surface area contributed by atoms with Gasteiger partial charge in [-0.3, -0.25) is 4.79 Å². The summed E-state index contributed by atoms with van der Waals surface area (Å²) < 4.78 is 0. The Kier molecular flexibility index (Phi) is 6.84. The predicted molar refractivity (Wildman–Crippen MR) is 86.1 cm³/mol. The molecule has 2 fully saturated rings. The maximum Gasteiger partial charge on any atom is 0.306 e. The molecule has 3 N–H and O–H groups in total. The van der Waals surface area contributed by atoms with Crippen molar-refractivity contribution in [2.75, 3.05) is 6.61 Å². The van der Waals surface area contributed by atoms with Gasteiger partial charge in [0.05, 0.1) is 24.3 Å². The van der Waals surface area contributed by atoms with E-state index in [2.05, 4.69) is 12.1 Å². The number of oxime groups is 1. The molecule has 0 amide bonds. The van der Waals surface area contributed by atoms with Gasteiger partial charge < -0.3 is 20.2 Å². The van der Waals surface area contributed by atoms with Gasteiger partial charge in [-0.25, -0.2) is 0 Å². The van der Waals surface area contributed by atoms with Crippen LogP contribution in [0.5, 0.6) is 0 Å². The third kappa shape index (κ3) is 4.91. The number of carbonyl (C=O) groups is 1. The van der Waals surface area contributed by atoms with Crippen LogP contribution in [0.3, 0.4) is 0 Å². The van der Waals surface area contributed by atoms with Gasteiger partial charge in [0, 0.05) is 5.92 Å². The van der Waals surface area contributed by atoms with E-state index in [1.165, 1.54) is 0 Å². The summed E-state index contributed by atoms with van der Waals surface area (Å²) in [5.41, 5.74) is 0.952. The van der Waals surface area contributed by atoms with E-state index in [9.17, 15) is 15.0 Å². The molecule has 0 heterocycles. The molecule has 2 aliphatic carbocycles. The highest BCUT2D eigenvalue weighted by Crippen LogP contribution is 2.50. The molecule has 0 aromatic carbocycles. The summed E-state index contributed by atoms with van der Waals surface area (Å²) in [6, 6.07) is 0. The zero-order valence-corrected chi connectivity index (χ0v) is 13.9. The zero-order chi connectivity index (χ0) is 16.8. The van der Waals surface area contributed by atoms with E-state index in [1.807, 2.05) is 0 Å². The number of rotatable bonds is 10. The Morgan fingerprint density at radius 3 is 2.91 bits per heavy atom. The molecule has 2 saturated carbocycles. The Hall–Kier alpha value is -1.14. The van der Waals surface area contributed by atoms with Gasteiger partial charge in [-0.05, 0) is 43.9 Å². The second kappa shape index (κ2) is 8.64. The first-order valence-electron chi connectivity index (χ1n) is 8.79. The number of unbranched alkanes of at least 4 members (excludes halogenated alkanes) is 1. The summed E-state index contributed by atoms with van der Waals surface area (Å²) in [5, 5.41) is 32.8. The fourth-order valence-corrected chi connectivity index (χ4v) is 3.84. The predicted octanol–water partition coefficient (Wildman–Crippen LogP) is 2.18. The van der Waals surface area contributed by atoms with Crippen LogP contribution in [0.1, 0.15) is 58.3 Å². The molecule has 6 nitrogen and oxygen atoms in total. The summed E-state index contributed by atoms with van der Waals surface area (Å²) >= 11 is 0. The van der Waals surface area contributed by atoms with E-state index in [4.69, 9.17) is 9.94 Å². The number of aliphatic hydroxyl groups is 2. The minimum atomic E-state index is -0.894. The maximum atomic E-state index is 10.4. The number of carboxylic acid groups (broad SMARTS) is 1. The van der Waals surface area contributed by atoms with E-state index in [-0.39, 0.29) is 37.1 Å². The molecular weight excluding hydrogens is 298 g/mol. The molecule has 5 atom stereocenters. The average molecular weight is 327 g/mol. The van der Waals surface area contributed by atoms with Gasteiger partial charge in [0.2, 0.25) is 0 Å². The molecule has 2 rings (SSSR count). The van der Waals surface area contributed by atoms with Crippen molar-refractivity contribution in [1.82, 2.24) is 0 Å². The fraction of sp³-hybridized carbons (Fsp3) is 0.882. The van der Waals surface area contributed by atoms with Gasteiger partial charge in [0.15, 0.2) is 0 Å². The second-order valence-electron chi connectivity index (χ2n) is 6.87. The van der Waals surface area contributed by atoms with Crippen molar-refractivity contribution in [3.05, 3.63) is 0 Å². The Morgan fingerprint density at radius 2 is 2.22 bits per heavy atom. The summed E-state index contributed by atoms with van der Waals surface area (Å²) in [5.74, 6) is 0.0572. The van der Waals surface area contributed by atoms with Crippen LogP contribution in [-0.2, 0) is 9.63 Å². The second-order valence-corrected chi connectivity index (χ2v) is 6.87. The SMILES string of the molecule is CCCCC(O)CCC1C(O)CC2C(=NOCCC(=O)O)CC21. The van der Waals surface area contributed by atoms with E-state index in [1.54, 1.807) is 0 Å². The van der Waals surface area contributed by atoms with Crippen LogP contribution < -0.4 is 0 Å². The normalized spacial score (nSPS) is 32.4. The number of aliphatic carboxylic acids is 1. The van der Waals surface area contributed by atoms with Crippen LogP contribution in [0.2, 0.25) is 0 Å². The highest BCUT2D eigenvalue weighted by Gasteiger charge is 2.51. The highest BCUT2D eigenvalue weighted by molar-refractivity contribution is 5.93. The van der Waals surface area contributed by atoms with Crippen molar-refractivity contribution < 1.29 is 25.0 Å². The molecule has 0 aromatic heterocycles. The van der Waals surface area contributed by atoms with Crippen molar-refractivity contribution >= 4 is 11.7 Å². The first kappa shape index (κ1) is 18.2. The van der Waals surface area contributed by atoms with Crippen LogP contribution in [0.25, 0.3) is 0 Å². The molecule has 0 saturated heterocycles. The molecule has 0 aliphatic heterocycles. The van der Waals surface area contributed by atoms with Gasteiger partial charge in [-0.15, -0.1) is 0 Å². The molecule has 0 bridgehead atoms. The molecule has 6 heteroatoms. The number of aliphatic hydroxyl groups excluding tert-OH is 2. The number of nitrogens with zero attached hydrogens (tertiary/aromatic N) is 1. The molecular formula is C17H29NO5. The molecule has 2 aliphatic rings. The average Bonchev–Trinajstić information content (AvgIpc) is 2.74. The fourth-order valence-electron chi connectivity index (χ4n) is 3.84. The van der Waals surface area contributed by atoms with Crippen LogP contribution >= 0.6 is 0 Å². The van der Waals surface area contributed by atoms with E-state index < -0.39 is 5.97 Å². The Labute approximate surface area is 137 Å². The molecule has 0 spiro atoms. The minimum absolute atomic E-state index is 0.0498. The van der Waals surface area contributed by atoms with Gasteiger partial charge in [0.1, 0.15) is 6.61 Å². The van der Waals surface area contributed by atoms with E-state index in [0.29, 0.717) is 12.3 Å². The lowest BCUT2D eigenvalue weighted by Gasteiger charge is -2.35. The minimum Gasteiger partial charge on any atom is -0.481 e. The van der Waals surface area contributed by atoms with Crippen molar-refractivity contribution in [3.63, 3.8) is 0 Å². The van der Waals surface area contributed by atoms with Gasteiger partial charge in [0.25, 0.3) is 0 Å². The molecule has 0 aromatic rings. The monoisotopic (exact) mass is 327 g/mol. The third-order valence-corrected chi connectivity index (χ3v) is 5.24. The third-order valence-electron chi connectivity index (χ3n) is 5.24. The number of fused-ring (bicyclic) bond motifs is 1. The standard InChI is InChI=1S/C17H29NO5/c1-2-3-4-11(19)5-6-12-13-9-15(14(13)10-16(12)20)18-23-8-7-17(21)22/h11-14,16,19-20H,2-10H2,1H3,(H,21,22). The lowest BCUT2D eigenvalue weighted by atomic mass is 9.70. The number of carboxylic acids is 1. The van der Waals surface area contributed by atoms with Crippen LogP contribution in [0.4, 0.5) is 0 Å². The van der Waals surface area contributed by atoms with Crippen molar-refractivity contribution in [2.45, 2.75) is 70.5 Å². The number of hydrogen-bond donors (Lipinski definition) is 3. The first-order chi connectivity index (χ1) is 11.0. The Bertz CT molecular complexity index is 425. The Morgan fingerprint density at radius 1 is 1.43 bits per heavy atom. The summed E-state index contributed by atoms with van der Waals surface area (Å²) in [7, 11) is 0. The first-order valence-corrected chi connectivity index (χ1v) is 8.79. The molecule has 0 radical (unpaired) electrons. The van der Waals surface area contributed by atoms with Gasteiger partial charge in [-0.2, -0.15) is 0 Å². The van der Waals surface area contributed by atoms with Crippen molar-refractivity contribution in [2.24, 2.45) is 22.9 Å². The zero-order valence-electron chi connectivity index (χ0n) is 13.9. The summed E-state index contributed by atoms with van der Waals surface area (Å²) in [6.45, 7) is 2.21. The lowest BCUT2D eigenvalue weighted by molar-refractivity contribution is -0.138. The van der Waals surface area contributed by atoms with Gasteiger partial charge >= 0.3 is 5.97 Å². The van der Waals surface area contributed by atoms with E-state index >= 15 is 0 Å². The molecule has 23 heavy (non-hydrogen) atoms. The van der Waals surface area contributed by atoms with Gasteiger partial charge in [-0.1, -0.05) is 24.9 Å². The smallest absolute Gasteiger partial charge is 0.306 e. The molecule has 132 valence electrons. The Balaban J connectivity index is 1.73. The number of hydrogen-bond acceptors (Lipinski definition) is 5. The summed E-state index contributed by atoms with van der Waals surface area (Å²) in [6.07, 6.45) is 5.51. The van der Waals surface area contributed by atoms with Crippen molar-refractivity contribution in [1.29, 1.82) is 0 Å². The van der Waals surface area contributed by atoms with Crippen LogP contribution in [0, 0.1) is 17.8 Å². The lowest BCUT2D eigenvalue weighted by Crippen LogP contribution is -2.37. The van der Waals surface area contributed by atoms with E-state index in [0.717, 1.165) is 44.2 Å². The quantitative estimate of drug-likeness (QED) is 0.422.